The fraction of sp³-hybridized carbons (Fsp3) is 0.923. The number of nitrogens with zero attached hydrogens (tertiary/aromatic N) is 1. The highest BCUT2D eigenvalue weighted by molar-refractivity contribution is 5.85. The lowest BCUT2D eigenvalue weighted by Crippen LogP contribution is -2.44. The number of halogens is 1. The molecule has 102 valence electrons. The zero-order valence-electron chi connectivity index (χ0n) is 11.4. The molecule has 0 spiro atoms. The fourth-order valence-electron chi connectivity index (χ4n) is 2.37. The number of nitrogens with one attached hydrogen (secondary N) is 1. The molecule has 0 aromatic heterocycles. The summed E-state index contributed by atoms with van der Waals surface area (Å²) in [7, 11) is 1.97. The number of hydrogen-bond donors (Lipinski definition) is 1. The van der Waals surface area contributed by atoms with Crippen LogP contribution in [0.1, 0.15) is 46.0 Å². The summed E-state index contributed by atoms with van der Waals surface area (Å²) in [6.07, 6.45) is 5.16. The van der Waals surface area contributed by atoms with E-state index in [1.165, 1.54) is 0 Å². The van der Waals surface area contributed by atoms with Gasteiger partial charge in [-0.1, -0.05) is 26.7 Å². The first-order valence-corrected chi connectivity index (χ1v) is 6.65. The lowest BCUT2D eigenvalue weighted by Gasteiger charge is -2.32. The predicted molar refractivity (Wildman–Crippen MR) is 74.6 cm³/mol. The number of piperidine rings is 1. The van der Waals surface area contributed by atoms with Crippen LogP contribution in [0.25, 0.3) is 0 Å². The van der Waals surface area contributed by atoms with Gasteiger partial charge in [0.2, 0.25) is 5.91 Å². The molecule has 4 heteroatoms. The van der Waals surface area contributed by atoms with Crippen LogP contribution in [0, 0.1) is 5.92 Å². The van der Waals surface area contributed by atoms with Crippen LogP contribution in [0.4, 0.5) is 0 Å². The Hall–Kier alpha value is -0.280. The topological polar surface area (TPSA) is 32.3 Å². The van der Waals surface area contributed by atoms with Gasteiger partial charge in [-0.25, -0.2) is 0 Å². The van der Waals surface area contributed by atoms with Gasteiger partial charge < -0.3 is 10.2 Å². The van der Waals surface area contributed by atoms with E-state index in [1.54, 1.807) is 0 Å². The van der Waals surface area contributed by atoms with Gasteiger partial charge in [0, 0.05) is 19.5 Å². The van der Waals surface area contributed by atoms with Crippen molar-refractivity contribution in [1.82, 2.24) is 10.2 Å². The van der Waals surface area contributed by atoms with Gasteiger partial charge in [-0.2, -0.15) is 0 Å². The van der Waals surface area contributed by atoms with Crippen molar-refractivity contribution in [3.8, 4) is 0 Å². The third-order valence-corrected chi connectivity index (χ3v) is 3.87. The maximum Gasteiger partial charge on any atom is 0.222 e. The highest BCUT2D eigenvalue weighted by atomic mass is 35.5. The van der Waals surface area contributed by atoms with Crippen LogP contribution in [0.3, 0.4) is 0 Å². The van der Waals surface area contributed by atoms with E-state index in [-0.39, 0.29) is 12.4 Å². The highest BCUT2D eigenvalue weighted by Gasteiger charge is 2.22. The average molecular weight is 263 g/mol. The van der Waals surface area contributed by atoms with Crippen molar-refractivity contribution in [2.45, 2.75) is 52.0 Å². The lowest BCUT2D eigenvalue weighted by atomic mass is 9.97. The molecule has 1 fully saturated rings. The van der Waals surface area contributed by atoms with Crippen molar-refractivity contribution in [3.63, 3.8) is 0 Å². The number of rotatable bonds is 5. The summed E-state index contributed by atoms with van der Waals surface area (Å²) in [4.78, 5) is 14.1. The van der Waals surface area contributed by atoms with Crippen LogP contribution in [-0.4, -0.2) is 37.0 Å². The molecule has 17 heavy (non-hydrogen) atoms. The van der Waals surface area contributed by atoms with E-state index >= 15 is 0 Å². The second-order valence-electron chi connectivity index (χ2n) is 4.87. The normalized spacial score (nSPS) is 16.7. The number of hydrogen-bond acceptors (Lipinski definition) is 2. The number of carbonyl (C=O) groups is 1. The van der Waals surface area contributed by atoms with E-state index in [0.717, 1.165) is 45.2 Å². The summed E-state index contributed by atoms with van der Waals surface area (Å²) in [5, 5.41) is 3.33. The van der Waals surface area contributed by atoms with Crippen LogP contribution < -0.4 is 5.32 Å². The molecule has 1 amide bonds. The van der Waals surface area contributed by atoms with E-state index in [1.807, 2.05) is 11.9 Å². The molecular formula is C13H27ClN2O. The Kier molecular flexibility index (Phi) is 8.61. The van der Waals surface area contributed by atoms with Crippen molar-refractivity contribution >= 4 is 18.3 Å². The zero-order valence-corrected chi connectivity index (χ0v) is 12.2. The van der Waals surface area contributed by atoms with Crippen molar-refractivity contribution < 1.29 is 4.79 Å². The maximum atomic E-state index is 12.1. The molecule has 0 aliphatic carbocycles. The molecule has 1 N–H and O–H groups in total. The minimum absolute atomic E-state index is 0. The van der Waals surface area contributed by atoms with Crippen LogP contribution >= 0.6 is 12.4 Å². The summed E-state index contributed by atoms with van der Waals surface area (Å²) >= 11 is 0. The summed E-state index contributed by atoms with van der Waals surface area (Å²) in [6.45, 7) is 6.44. The smallest absolute Gasteiger partial charge is 0.222 e. The molecule has 3 nitrogen and oxygen atoms in total. The minimum atomic E-state index is 0. The quantitative estimate of drug-likeness (QED) is 0.826. The molecule has 0 radical (unpaired) electrons. The Bertz CT molecular complexity index is 213. The number of amides is 1. The van der Waals surface area contributed by atoms with Gasteiger partial charge in [-0.3, -0.25) is 4.79 Å². The molecule has 1 rings (SSSR count). The Morgan fingerprint density at radius 1 is 1.29 bits per heavy atom. The van der Waals surface area contributed by atoms with Gasteiger partial charge >= 0.3 is 0 Å². The van der Waals surface area contributed by atoms with Gasteiger partial charge in [-0.15, -0.1) is 12.4 Å². The van der Waals surface area contributed by atoms with Gasteiger partial charge in [0.05, 0.1) is 0 Å². The Morgan fingerprint density at radius 3 is 2.29 bits per heavy atom. The summed E-state index contributed by atoms with van der Waals surface area (Å²) < 4.78 is 0. The van der Waals surface area contributed by atoms with E-state index in [0.29, 0.717) is 17.9 Å². The van der Waals surface area contributed by atoms with Gasteiger partial charge in [0.25, 0.3) is 0 Å². The Morgan fingerprint density at radius 2 is 1.82 bits per heavy atom. The Labute approximate surface area is 112 Å². The molecule has 1 aliphatic heterocycles. The van der Waals surface area contributed by atoms with E-state index in [2.05, 4.69) is 19.2 Å². The molecule has 1 saturated heterocycles. The third-order valence-electron chi connectivity index (χ3n) is 3.87. The molecule has 1 heterocycles. The molecule has 0 aromatic carbocycles. The Balaban J connectivity index is 0.00000256. The van der Waals surface area contributed by atoms with Crippen molar-refractivity contribution in [3.05, 3.63) is 0 Å². The molecular weight excluding hydrogens is 236 g/mol. The van der Waals surface area contributed by atoms with E-state index in [9.17, 15) is 4.79 Å². The molecule has 0 saturated carbocycles. The fourth-order valence-corrected chi connectivity index (χ4v) is 2.37. The first-order valence-electron chi connectivity index (χ1n) is 6.65. The van der Waals surface area contributed by atoms with Gasteiger partial charge in [0.1, 0.15) is 0 Å². The van der Waals surface area contributed by atoms with Crippen molar-refractivity contribution in [2.75, 3.05) is 20.1 Å². The largest absolute Gasteiger partial charge is 0.343 e. The van der Waals surface area contributed by atoms with E-state index < -0.39 is 0 Å². The lowest BCUT2D eigenvalue weighted by molar-refractivity contribution is -0.133. The molecule has 0 atom stereocenters. The molecule has 0 bridgehead atoms. The van der Waals surface area contributed by atoms with Crippen LogP contribution in [0.15, 0.2) is 0 Å². The zero-order chi connectivity index (χ0) is 12.0. The summed E-state index contributed by atoms with van der Waals surface area (Å²) in [5.41, 5.74) is 0. The summed E-state index contributed by atoms with van der Waals surface area (Å²) in [5.74, 6) is 0.900. The highest BCUT2D eigenvalue weighted by Crippen LogP contribution is 2.17. The number of carbonyl (C=O) groups excluding carboxylic acids is 1. The second kappa shape index (κ2) is 8.76. The summed E-state index contributed by atoms with van der Waals surface area (Å²) in [6, 6.07) is 0.461. The van der Waals surface area contributed by atoms with Crippen LogP contribution in [-0.2, 0) is 4.79 Å². The minimum Gasteiger partial charge on any atom is -0.343 e. The van der Waals surface area contributed by atoms with Gasteiger partial charge in [-0.05, 0) is 31.8 Å². The first-order chi connectivity index (χ1) is 7.69. The second-order valence-corrected chi connectivity index (χ2v) is 4.87. The predicted octanol–water partition coefficient (Wildman–Crippen LogP) is 2.44. The van der Waals surface area contributed by atoms with Crippen LogP contribution in [0.2, 0.25) is 0 Å². The monoisotopic (exact) mass is 262 g/mol. The van der Waals surface area contributed by atoms with Crippen LogP contribution in [0.5, 0.6) is 0 Å². The maximum absolute atomic E-state index is 12.1. The first kappa shape index (κ1) is 16.7. The van der Waals surface area contributed by atoms with Gasteiger partial charge in [0.15, 0.2) is 0 Å². The molecule has 1 aliphatic rings. The SMILES string of the molecule is CCC(CC)CC(=O)N(C)C1CCNCC1.Cl. The third kappa shape index (κ3) is 5.26. The standard InChI is InChI=1S/C13H26N2O.ClH/c1-4-11(5-2)10-13(16)15(3)12-6-8-14-9-7-12;/h11-12,14H,4-10H2,1-3H3;1H. The van der Waals surface area contributed by atoms with Crippen molar-refractivity contribution in [2.24, 2.45) is 5.92 Å². The molecule has 0 unspecified atom stereocenters. The average Bonchev–Trinajstić information content (AvgIpc) is 2.35. The van der Waals surface area contributed by atoms with E-state index in [4.69, 9.17) is 0 Å². The van der Waals surface area contributed by atoms with Crippen molar-refractivity contribution in [1.29, 1.82) is 0 Å². The molecule has 0 aromatic rings.